The number of halogens is 1. The number of rotatable bonds is 6. The molecule has 7 nitrogen and oxygen atoms in total. The van der Waals surface area contributed by atoms with Crippen LogP contribution in [0, 0.1) is 0 Å². The first kappa shape index (κ1) is 20.2. The van der Waals surface area contributed by atoms with Crippen LogP contribution in [0.1, 0.15) is 41.9 Å². The van der Waals surface area contributed by atoms with E-state index in [-0.39, 0.29) is 0 Å². The lowest BCUT2D eigenvalue weighted by atomic mass is 10.2. The number of hydrazine groups is 1. The molecule has 0 saturated heterocycles. The third-order valence-corrected chi connectivity index (χ3v) is 5.23. The summed E-state index contributed by atoms with van der Waals surface area (Å²) in [5.41, 5.74) is 6.94. The van der Waals surface area contributed by atoms with Crippen molar-refractivity contribution in [3.8, 4) is 11.4 Å². The second-order valence-corrected chi connectivity index (χ2v) is 8.05. The summed E-state index contributed by atoms with van der Waals surface area (Å²) in [4.78, 5) is 25.2. The number of benzene rings is 2. The van der Waals surface area contributed by atoms with Gasteiger partial charge in [0.1, 0.15) is 11.4 Å². The molecular formula is C22H21BrN4O3. The molecule has 0 radical (unpaired) electrons. The van der Waals surface area contributed by atoms with Crippen molar-refractivity contribution < 1.29 is 14.3 Å². The Morgan fingerprint density at radius 2 is 1.87 bits per heavy atom. The van der Waals surface area contributed by atoms with Gasteiger partial charge in [0.05, 0.1) is 11.4 Å². The number of aromatic nitrogens is 2. The summed E-state index contributed by atoms with van der Waals surface area (Å²) < 4.78 is 8.08. The summed E-state index contributed by atoms with van der Waals surface area (Å²) in [6, 6.07) is 18.4. The van der Waals surface area contributed by atoms with Gasteiger partial charge in [-0.1, -0.05) is 40.2 Å². The minimum atomic E-state index is -0.791. The van der Waals surface area contributed by atoms with Crippen molar-refractivity contribution in [1.82, 2.24) is 20.6 Å². The summed E-state index contributed by atoms with van der Waals surface area (Å²) in [5.74, 6) is 0.0436. The minimum Gasteiger partial charge on any atom is -0.481 e. The van der Waals surface area contributed by atoms with Crippen molar-refractivity contribution >= 4 is 27.7 Å². The normalized spacial score (nSPS) is 14.1. The lowest BCUT2D eigenvalue weighted by molar-refractivity contribution is -0.128. The largest absolute Gasteiger partial charge is 0.481 e. The average molecular weight is 469 g/mol. The van der Waals surface area contributed by atoms with E-state index in [0.717, 1.165) is 28.7 Å². The molecule has 8 heteroatoms. The Bertz CT molecular complexity index is 1060. The van der Waals surface area contributed by atoms with Crippen LogP contribution in [0.15, 0.2) is 65.1 Å². The van der Waals surface area contributed by atoms with Crippen LogP contribution in [-0.2, 0) is 4.79 Å². The van der Waals surface area contributed by atoms with E-state index < -0.39 is 17.9 Å². The topological polar surface area (TPSA) is 85.2 Å². The summed E-state index contributed by atoms with van der Waals surface area (Å²) >= 11 is 3.36. The number of carbonyl (C=O) groups excluding carboxylic acids is 2. The van der Waals surface area contributed by atoms with Gasteiger partial charge < -0.3 is 4.74 Å². The fraction of sp³-hybridized carbons (Fsp3) is 0.227. The van der Waals surface area contributed by atoms with E-state index in [2.05, 4.69) is 31.9 Å². The highest BCUT2D eigenvalue weighted by molar-refractivity contribution is 9.10. The predicted octanol–water partition coefficient (Wildman–Crippen LogP) is 3.74. The van der Waals surface area contributed by atoms with Gasteiger partial charge in [0, 0.05) is 10.4 Å². The molecular weight excluding hydrogens is 448 g/mol. The van der Waals surface area contributed by atoms with Crippen LogP contribution in [0.3, 0.4) is 0 Å². The maximum atomic E-state index is 12.8. The Hall–Kier alpha value is -3.13. The fourth-order valence-electron chi connectivity index (χ4n) is 2.99. The van der Waals surface area contributed by atoms with Crippen molar-refractivity contribution in [1.29, 1.82) is 0 Å². The molecule has 1 aliphatic rings. The highest BCUT2D eigenvalue weighted by atomic mass is 79.9. The number of amides is 2. The summed E-state index contributed by atoms with van der Waals surface area (Å²) in [6.45, 7) is 1.61. The molecule has 0 bridgehead atoms. The van der Waals surface area contributed by atoms with Crippen LogP contribution in [0.2, 0.25) is 0 Å². The molecule has 2 aromatic carbocycles. The molecule has 1 saturated carbocycles. The smallest absolute Gasteiger partial charge is 0.288 e. The summed E-state index contributed by atoms with van der Waals surface area (Å²) in [5, 5.41) is 4.60. The van der Waals surface area contributed by atoms with Crippen LogP contribution in [0.4, 0.5) is 0 Å². The molecule has 4 rings (SSSR count). The number of nitrogens with one attached hydrogen (secondary N) is 2. The van der Waals surface area contributed by atoms with E-state index >= 15 is 0 Å². The molecule has 2 amide bonds. The van der Waals surface area contributed by atoms with E-state index in [1.807, 2.05) is 42.5 Å². The molecule has 0 spiro atoms. The second kappa shape index (κ2) is 8.71. The molecule has 2 N–H and O–H groups in total. The Morgan fingerprint density at radius 3 is 2.57 bits per heavy atom. The molecule has 1 aliphatic carbocycles. The first-order chi connectivity index (χ1) is 14.5. The third kappa shape index (κ3) is 4.71. The van der Waals surface area contributed by atoms with Gasteiger partial charge in [-0.3, -0.25) is 20.4 Å². The lowest BCUT2D eigenvalue weighted by Crippen LogP contribution is -2.47. The van der Waals surface area contributed by atoms with Crippen LogP contribution in [-0.4, -0.2) is 27.7 Å². The van der Waals surface area contributed by atoms with Crippen molar-refractivity contribution in [3.63, 3.8) is 0 Å². The van der Waals surface area contributed by atoms with Gasteiger partial charge in [0.25, 0.3) is 11.8 Å². The number of nitrogens with zero attached hydrogens (tertiary/aromatic N) is 2. The zero-order valence-corrected chi connectivity index (χ0v) is 17.9. The van der Waals surface area contributed by atoms with Crippen LogP contribution < -0.4 is 15.6 Å². The van der Waals surface area contributed by atoms with Gasteiger partial charge in [0.2, 0.25) is 0 Å². The SMILES string of the molecule is CC(Oc1cccc(Br)c1)C(=O)NNC(=O)c1cc(C2CC2)nn1-c1ccccc1. The van der Waals surface area contributed by atoms with Crippen molar-refractivity contribution in [3.05, 3.63) is 76.5 Å². The number of carbonyl (C=O) groups is 2. The van der Waals surface area contributed by atoms with Crippen LogP contribution in [0.25, 0.3) is 5.69 Å². The molecule has 30 heavy (non-hydrogen) atoms. The lowest BCUT2D eigenvalue weighted by Gasteiger charge is -2.15. The first-order valence-corrected chi connectivity index (χ1v) is 10.5. The maximum absolute atomic E-state index is 12.8. The number of para-hydroxylation sites is 1. The highest BCUT2D eigenvalue weighted by Crippen LogP contribution is 2.39. The van der Waals surface area contributed by atoms with Crippen molar-refractivity contribution in [2.24, 2.45) is 0 Å². The van der Waals surface area contributed by atoms with Gasteiger partial charge in [0.15, 0.2) is 6.10 Å². The first-order valence-electron chi connectivity index (χ1n) is 9.69. The Balaban J connectivity index is 1.43. The number of ether oxygens (including phenoxy) is 1. The molecule has 154 valence electrons. The number of hydrogen-bond donors (Lipinski definition) is 2. The molecule has 1 fully saturated rings. The molecule has 1 atom stereocenters. The molecule has 3 aromatic rings. The molecule has 1 heterocycles. The van der Waals surface area contributed by atoms with E-state index in [1.165, 1.54) is 0 Å². The van der Waals surface area contributed by atoms with Gasteiger partial charge >= 0.3 is 0 Å². The summed E-state index contributed by atoms with van der Waals surface area (Å²) in [6.07, 6.45) is 1.36. The molecule has 0 aliphatic heterocycles. The van der Waals surface area contributed by atoms with E-state index in [4.69, 9.17) is 4.74 Å². The Labute approximate surface area is 182 Å². The predicted molar refractivity (Wildman–Crippen MR) is 115 cm³/mol. The van der Waals surface area contributed by atoms with E-state index in [9.17, 15) is 9.59 Å². The van der Waals surface area contributed by atoms with Gasteiger partial charge in [-0.2, -0.15) is 5.10 Å². The van der Waals surface area contributed by atoms with Gasteiger partial charge in [-0.15, -0.1) is 0 Å². The average Bonchev–Trinajstić information content (AvgIpc) is 3.50. The Kier molecular flexibility index (Phi) is 5.85. The van der Waals surface area contributed by atoms with Crippen molar-refractivity contribution in [2.75, 3.05) is 0 Å². The fourth-order valence-corrected chi connectivity index (χ4v) is 3.37. The standard InChI is InChI=1S/C22H21BrN4O3/c1-14(30-18-9-5-6-16(23)12-18)21(28)24-25-22(29)20-13-19(15-10-11-15)26-27(20)17-7-3-2-4-8-17/h2-9,12-15H,10-11H2,1H3,(H,24,28)(H,25,29). The zero-order chi connectivity index (χ0) is 21.1. The second-order valence-electron chi connectivity index (χ2n) is 7.14. The zero-order valence-electron chi connectivity index (χ0n) is 16.3. The van der Waals surface area contributed by atoms with Gasteiger partial charge in [-0.05, 0) is 56.2 Å². The third-order valence-electron chi connectivity index (χ3n) is 4.73. The molecule has 1 aromatic heterocycles. The van der Waals surface area contributed by atoms with Crippen LogP contribution >= 0.6 is 15.9 Å². The summed E-state index contributed by atoms with van der Waals surface area (Å²) in [7, 11) is 0. The van der Waals surface area contributed by atoms with E-state index in [1.54, 1.807) is 29.8 Å². The monoisotopic (exact) mass is 468 g/mol. The van der Waals surface area contributed by atoms with E-state index in [0.29, 0.717) is 17.4 Å². The maximum Gasteiger partial charge on any atom is 0.288 e. The highest BCUT2D eigenvalue weighted by Gasteiger charge is 2.29. The minimum absolute atomic E-state index is 0.365. The van der Waals surface area contributed by atoms with Crippen LogP contribution in [0.5, 0.6) is 5.75 Å². The molecule has 1 unspecified atom stereocenters. The van der Waals surface area contributed by atoms with Crippen molar-refractivity contribution in [2.45, 2.75) is 31.8 Å². The Morgan fingerprint density at radius 1 is 1.10 bits per heavy atom. The number of hydrogen-bond acceptors (Lipinski definition) is 4. The van der Waals surface area contributed by atoms with Gasteiger partial charge in [-0.25, -0.2) is 4.68 Å². The quantitative estimate of drug-likeness (QED) is 0.539.